The third-order valence-corrected chi connectivity index (χ3v) is 4.57. The topological polar surface area (TPSA) is 64.6 Å². The van der Waals surface area contributed by atoms with E-state index in [1.807, 2.05) is 0 Å². The fraction of sp³-hybridized carbons (Fsp3) is 0.0556. The Morgan fingerprint density at radius 3 is 2.54 bits per heavy atom. The van der Waals surface area contributed by atoms with Gasteiger partial charge in [-0.2, -0.15) is 0 Å². The van der Waals surface area contributed by atoms with Crippen LogP contribution in [-0.4, -0.2) is 23.3 Å². The van der Waals surface area contributed by atoms with Crippen LogP contribution in [0.3, 0.4) is 0 Å². The predicted molar refractivity (Wildman–Crippen MR) is 101 cm³/mol. The molecule has 1 fully saturated rings. The van der Waals surface area contributed by atoms with Crippen LogP contribution in [0.2, 0.25) is 0 Å². The lowest BCUT2D eigenvalue weighted by molar-refractivity contribution is -0.115. The van der Waals surface area contributed by atoms with Crippen molar-refractivity contribution in [3.8, 4) is 11.5 Å². The summed E-state index contributed by atoms with van der Waals surface area (Å²) < 4.78 is 23.9. The maximum absolute atomic E-state index is 12.9. The number of rotatable bonds is 4. The Hall–Kier alpha value is -2.71. The van der Waals surface area contributed by atoms with Gasteiger partial charge in [-0.15, -0.1) is 0 Å². The minimum absolute atomic E-state index is 0.211. The van der Waals surface area contributed by atoms with Crippen molar-refractivity contribution < 1.29 is 23.5 Å². The van der Waals surface area contributed by atoms with Crippen LogP contribution in [0.25, 0.3) is 6.08 Å². The van der Waals surface area contributed by atoms with Crippen LogP contribution in [0.15, 0.2) is 47.4 Å². The van der Waals surface area contributed by atoms with Gasteiger partial charge in [-0.1, -0.05) is 30.0 Å². The molecule has 1 aliphatic heterocycles. The molecule has 2 aromatic rings. The summed E-state index contributed by atoms with van der Waals surface area (Å²) in [6, 6.07) is 9.90. The second kappa shape index (κ2) is 7.67. The first-order valence-corrected chi connectivity index (χ1v) is 8.59. The van der Waals surface area contributed by atoms with Gasteiger partial charge in [0, 0.05) is 0 Å². The molecule has 0 aliphatic carbocycles. The second-order valence-electron chi connectivity index (χ2n) is 5.16. The highest BCUT2D eigenvalue weighted by Crippen LogP contribution is 2.32. The van der Waals surface area contributed by atoms with Crippen LogP contribution in [-0.2, 0) is 4.79 Å². The minimum Gasteiger partial charge on any atom is -0.493 e. The third kappa shape index (κ3) is 4.09. The SMILES string of the molecule is COc1cc(/C=C2\SC(=S)NC2=O)ccc1OC(=O)c1ccc(F)cc1. The number of hydrogen-bond acceptors (Lipinski definition) is 6. The van der Waals surface area contributed by atoms with Gasteiger partial charge in [-0.3, -0.25) is 4.79 Å². The van der Waals surface area contributed by atoms with Crippen LogP contribution in [0.4, 0.5) is 4.39 Å². The van der Waals surface area contributed by atoms with Crippen molar-refractivity contribution in [2.75, 3.05) is 7.11 Å². The fourth-order valence-electron chi connectivity index (χ4n) is 2.18. The van der Waals surface area contributed by atoms with Gasteiger partial charge >= 0.3 is 5.97 Å². The van der Waals surface area contributed by atoms with Crippen LogP contribution < -0.4 is 14.8 Å². The van der Waals surface area contributed by atoms with E-state index in [9.17, 15) is 14.0 Å². The molecule has 0 spiro atoms. The number of benzene rings is 2. The number of esters is 1. The van der Waals surface area contributed by atoms with E-state index in [-0.39, 0.29) is 17.2 Å². The maximum Gasteiger partial charge on any atom is 0.343 e. The molecule has 1 saturated heterocycles. The molecule has 0 radical (unpaired) electrons. The van der Waals surface area contributed by atoms with E-state index < -0.39 is 11.8 Å². The average Bonchev–Trinajstić information content (AvgIpc) is 2.93. The summed E-state index contributed by atoms with van der Waals surface area (Å²) in [7, 11) is 1.44. The molecule has 0 saturated carbocycles. The van der Waals surface area contributed by atoms with Crippen LogP contribution in [0.1, 0.15) is 15.9 Å². The number of amides is 1. The van der Waals surface area contributed by atoms with Crippen molar-refractivity contribution in [1.82, 2.24) is 5.32 Å². The molecule has 3 rings (SSSR count). The normalized spacial score (nSPS) is 15.1. The van der Waals surface area contributed by atoms with Gasteiger partial charge < -0.3 is 14.8 Å². The number of thioether (sulfide) groups is 1. The molecule has 2 aromatic carbocycles. The molecule has 1 amide bonds. The van der Waals surface area contributed by atoms with E-state index in [1.165, 1.54) is 43.1 Å². The van der Waals surface area contributed by atoms with Crippen LogP contribution >= 0.6 is 24.0 Å². The van der Waals surface area contributed by atoms with Crippen molar-refractivity contribution in [3.05, 3.63) is 64.3 Å². The Labute approximate surface area is 158 Å². The number of thiocarbonyl (C=S) groups is 1. The largest absolute Gasteiger partial charge is 0.493 e. The van der Waals surface area contributed by atoms with Gasteiger partial charge in [-0.25, -0.2) is 9.18 Å². The first kappa shape index (κ1) is 18.1. The van der Waals surface area contributed by atoms with Crippen molar-refractivity contribution >= 4 is 46.3 Å². The summed E-state index contributed by atoms with van der Waals surface area (Å²) in [5, 5.41) is 2.54. The zero-order valence-corrected chi connectivity index (χ0v) is 15.1. The van der Waals surface area contributed by atoms with Gasteiger partial charge in [0.1, 0.15) is 10.1 Å². The van der Waals surface area contributed by atoms with Gasteiger partial charge in [0.05, 0.1) is 17.6 Å². The zero-order chi connectivity index (χ0) is 18.7. The van der Waals surface area contributed by atoms with E-state index in [1.54, 1.807) is 24.3 Å². The summed E-state index contributed by atoms with van der Waals surface area (Å²) >= 11 is 6.12. The molecule has 1 aliphatic rings. The van der Waals surface area contributed by atoms with Gasteiger partial charge in [0.25, 0.3) is 5.91 Å². The van der Waals surface area contributed by atoms with Gasteiger partial charge in [-0.05, 0) is 48.0 Å². The first-order valence-electron chi connectivity index (χ1n) is 7.37. The number of nitrogens with one attached hydrogen (secondary N) is 1. The Morgan fingerprint density at radius 2 is 1.92 bits per heavy atom. The smallest absolute Gasteiger partial charge is 0.343 e. The quantitative estimate of drug-likeness (QED) is 0.373. The highest BCUT2D eigenvalue weighted by Gasteiger charge is 2.22. The van der Waals surface area contributed by atoms with Gasteiger partial charge in [0.15, 0.2) is 11.5 Å². The van der Waals surface area contributed by atoms with E-state index in [2.05, 4.69) is 5.32 Å². The van der Waals surface area contributed by atoms with Crippen molar-refractivity contribution in [2.24, 2.45) is 0 Å². The number of halogens is 1. The van der Waals surface area contributed by atoms with E-state index >= 15 is 0 Å². The molecule has 0 atom stereocenters. The molecule has 1 heterocycles. The molecular formula is C18H12FNO4S2. The Bertz CT molecular complexity index is 925. The van der Waals surface area contributed by atoms with Crippen LogP contribution in [0.5, 0.6) is 11.5 Å². The average molecular weight is 389 g/mol. The molecule has 0 unspecified atom stereocenters. The Kier molecular flexibility index (Phi) is 5.34. The van der Waals surface area contributed by atoms with Crippen molar-refractivity contribution in [3.63, 3.8) is 0 Å². The lowest BCUT2D eigenvalue weighted by Gasteiger charge is -2.10. The molecule has 0 bridgehead atoms. The zero-order valence-electron chi connectivity index (χ0n) is 13.4. The fourth-order valence-corrected chi connectivity index (χ4v) is 3.22. The molecule has 26 heavy (non-hydrogen) atoms. The molecule has 8 heteroatoms. The number of ether oxygens (including phenoxy) is 2. The first-order chi connectivity index (χ1) is 12.5. The summed E-state index contributed by atoms with van der Waals surface area (Å²) in [5.74, 6) is -0.801. The van der Waals surface area contributed by atoms with E-state index in [4.69, 9.17) is 21.7 Å². The number of methoxy groups -OCH3 is 1. The summed E-state index contributed by atoms with van der Waals surface area (Å²) in [6.07, 6.45) is 1.66. The summed E-state index contributed by atoms with van der Waals surface area (Å²) in [4.78, 5) is 24.3. The van der Waals surface area contributed by atoms with E-state index in [0.717, 1.165) is 0 Å². The standard InChI is InChI=1S/C18H12FNO4S2/c1-23-14-8-10(9-15-16(21)20-18(25)26-15)2-7-13(14)24-17(22)11-3-5-12(19)6-4-11/h2-9H,1H3,(H,20,21,25)/b15-9-. The minimum atomic E-state index is -0.634. The Balaban J connectivity index is 1.82. The summed E-state index contributed by atoms with van der Waals surface area (Å²) in [5.41, 5.74) is 0.901. The maximum atomic E-state index is 12.9. The van der Waals surface area contributed by atoms with Crippen LogP contribution in [0, 0.1) is 5.82 Å². The van der Waals surface area contributed by atoms with Gasteiger partial charge in [0.2, 0.25) is 0 Å². The van der Waals surface area contributed by atoms with Crippen molar-refractivity contribution in [2.45, 2.75) is 0 Å². The lowest BCUT2D eigenvalue weighted by atomic mass is 10.1. The number of carbonyl (C=O) groups is 2. The lowest BCUT2D eigenvalue weighted by Crippen LogP contribution is -2.17. The molecular weight excluding hydrogens is 377 g/mol. The number of hydrogen-bond donors (Lipinski definition) is 1. The molecule has 132 valence electrons. The molecule has 1 N–H and O–H groups in total. The molecule has 5 nitrogen and oxygen atoms in total. The molecule has 0 aromatic heterocycles. The van der Waals surface area contributed by atoms with Crippen molar-refractivity contribution in [1.29, 1.82) is 0 Å². The second-order valence-corrected chi connectivity index (χ2v) is 6.88. The highest BCUT2D eigenvalue weighted by atomic mass is 32.2. The summed E-state index contributed by atoms with van der Waals surface area (Å²) in [6.45, 7) is 0. The monoisotopic (exact) mass is 389 g/mol. The highest BCUT2D eigenvalue weighted by molar-refractivity contribution is 8.26. The Morgan fingerprint density at radius 1 is 1.19 bits per heavy atom. The third-order valence-electron chi connectivity index (χ3n) is 3.41. The van der Waals surface area contributed by atoms with E-state index in [0.29, 0.717) is 20.5 Å². The number of carbonyl (C=O) groups excluding carboxylic acids is 2. The predicted octanol–water partition coefficient (Wildman–Crippen LogP) is 3.54.